The third-order valence-corrected chi connectivity index (χ3v) is 4.21. The predicted octanol–water partition coefficient (Wildman–Crippen LogP) is 2.58. The van der Waals surface area contributed by atoms with Crippen molar-refractivity contribution >= 4 is 27.7 Å². The minimum absolute atomic E-state index is 0.00479. The topological polar surface area (TPSA) is 42.4 Å². The van der Waals surface area contributed by atoms with Gasteiger partial charge in [0, 0.05) is 28.8 Å². The lowest BCUT2D eigenvalue weighted by molar-refractivity contribution is -0.128. The van der Waals surface area contributed by atoms with Crippen LogP contribution in [0, 0.1) is 5.92 Å². The molecule has 3 rings (SSSR count). The number of amides is 1. The first kappa shape index (κ1) is 13.9. The van der Waals surface area contributed by atoms with Crippen LogP contribution in [0.1, 0.15) is 17.9 Å². The summed E-state index contributed by atoms with van der Waals surface area (Å²) in [5.41, 5.74) is 0.855. The van der Waals surface area contributed by atoms with Gasteiger partial charge in [-0.1, -0.05) is 0 Å². The number of aromatic nitrogens is 1. The molecule has 1 aromatic rings. The second-order valence-electron chi connectivity index (χ2n) is 4.98. The maximum Gasteiger partial charge on any atom is 0.256 e. The van der Waals surface area contributed by atoms with Crippen molar-refractivity contribution in [3.63, 3.8) is 0 Å². The summed E-state index contributed by atoms with van der Waals surface area (Å²) >= 11 is 3.35. The van der Waals surface area contributed by atoms with Crippen molar-refractivity contribution in [3.8, 4) is 0 Å². The fourth-order valence-electron chi connectivity index (χ4n) is 2.92. The van der Waals surface area contributed by atoms with E-state index in [9.17, 15) is 13.6 Å². The van der Waals surface area contributed by atoms with E-state index in [-0.39, 0.29) is 24.3 Å². The lowest BCUT2D eigenvalue weighted by Crippen LogP contribution is -2.49. The SMILES string of the molecule is O=C1C2COCC[C@H]2c2cc(Br)cnc2N1CC(F)F. The van der Waals surface area contributed by atoms with Gasteiger partial charge in [-0.2, -0.15) is 0 Å². The second-order valence-corrected chi connectivity index (χ2v) is 5.90. The highest BCUT2D eigenvalue weighted by Gasteiger charge is 2.43. The predicted molar refractivity (Wildman–Crippen MR) is 72.0 cm³/mol. The van der Waals surface area contributed by atoms with Gasteiger partial charge < -0.3 is 4.74 Å². The van der Waals surface area contributed by atoms with Crippen LogP contribution in [-0.2, 0) is 9.53 Å². The third-order valence-electron chi connectivity index (χ3n) is 3.78. The van der Waals surface area contributed by atoms with E-state index in [4.69, 9.17) is 4.74 Å². The Morgan fingerprint density at radius 1 is 1.50 bits per heavy atom. The molecule has 0 spiro atoms. The van der Waals surface area contributed by atoms with Crippen molar-refractivity contribution in [1.29, 1.82) is 0 Å². The molecule has 3 heterocycles. The average molecular weight is 347 g/mol. The Labute approximate surface area is 123 Å². The first-order valence-corrected chi connectivity index (χ1v) is 7.20. The number of nitrogens with zero attached hydrogens (tertiary/aromatic N) is 2. The van der Waals surface area contributed by atoms with Crippen LogP contribution in [0.5, 0.6) is 0 Å². The first-order valence-electron chi connectivity index (χ1n) is 6.40. The van der Waals surface area contributed by atoms with Crippen LogP contribution in [0.4, 0.5) is 14.6 Å². The summed E-state index contributed by atoms with van der Waals surface area (Å²) in [6.45, 7) is 0.244. The highest BCUT2D eigenvalue weighted by molar-refractivity contribution is 9.10. The summed E-state index contributed by atoms with van der Waals surface area (Å²) in [5.74, 6) is -0.324. The molecule has 2 aliphatic rings. The minimum atomic E-state index is -2.58. The Kier molecular flexibility index (Phi) is 3.72. The van der Waals surface area contributed by atoms with Crippen LogP contribution in [0.15, 0.2) is 16.7 Å². The molecule has 0 aromatic carbocycles. The van der Waals surface area contributed by atoms with Crippen molar-refractivity contribution in [1.82, 2.24) is 4.98 Å². The molecule has 0 saturated carbocycles. The number of halogens is 3. The molecule has 108 valence electrons. The van der Waals surface area contributed by atoms with Crippen LogP contribution in [0.2, 0.25) is 0 Å². The Morgan fingerprint density at radius 3 is 3.05 bits per heavy atom. The molecule has 7 heteroatoms. The molecule has 0 bridgehead atoms. The molecular formula is C13H13BrF2N2O2. The van der Waals surface area contributed by atoms with Crippen molar-refractivity contribution in [2.75, 3.05) is 24.7 Å². The van der Waals surface area contributed by atoms with Gasteiger partial charge in [0.2, 0.25) is 5.91 Å². The van der Waals surface area contributed by atoms with Gasteiger partial charge in [0.05, 0.1) is 19.1 Å². The molecule has 1 fully saturated rings. The van der Waals surface area contributed by atoms with Gasteiger partial charge in [0.15, 0.2) is 0 Å². The zero-order valence-corrected chi connectivity index (χ0v) is 12.1. The molecule has 1 unspecified atom stereocenters. The zero-order valence-electron chi connectivity index (χ0n) is 10.6. The van der Waals surface area contributed by atoms with Crippen molar-refractivity contribution in [2.45, 2.75) is 18.8 Å². The molecule has 0 aliphatic carbocycles. The van der Waals surface area contributed by atoms with E-state index in [0.29, 0.717) is 18.8 Å². The molecule has 1 saturated heterocycles. The van der Waals surface area contributed by atoms with Crippen LogP contribution in [0.25, 0.3) is 0 Å². The number of hydrogen-bond donors (Lipinski definition) is 0. The monoisotopic (exact) mass is 346 g/mol. The molecule has 2 aliphatic heterocycles. The van der Waals surface area contributed by atoms with Gasteiger partial charge in [-0.05, 0) is 28.4 Å². The highest BCUT2D eigenvalue weighted by Crippen LogP contribution is 2.43. The second kappa shape index (κ2) is 5.37. The smallest absolute Gasteiger partial charge is 0.256 e. The van der Waals surface area contributed by atoms with E-state index in [0.717, 1.165) is 14.9 Å². The van der Waals surface area contributed by atoms with Crippen molar-refractivity contribution < 1.29 is 18.3 Å². The summed E-state index contributed by atoms with van der Waals surface area (Å²) in [5, 5.41) is 0. The van der Waals surface area contributed by atoms with Crippen molar-refractivity contribution in [2.24, 2.45) is 5.92 Å². The summed E-state index contributed by atoms with van der Waals surface area (Å²) < 4.78 is 31.6. The summed E-state index contributed by atoms with van der Waals surface area (Å²) in [6, 6.07) is 1.87. The standard InChI is InChI=1S/C13H13BrF2N2O2/c14-7-3-9-8-1-2-20-6-10(8)13(19)18(5-11(15)16)12(9)17-4-7/h3-4,8,10-11H,1-2,5-6H2/t8-,10?/m0/s1. The van der Waals surface area contributed by atoms with E-state index in [1.807, 2.05) is 6.07 Å². The van der Waals surface area contributed by atoms with E-state index in [1.165, 1.54) is 6.20 Å². The van der Waals surface area contributed by atoms with E-state index in [1.54, 1.807) is 0 Å². The first-order chi connectivity index (χ1) is 9.58. The van der Waals surface area contributed by atoms with E-state index < -0.39 is 13.0 Å². The van der Waals surface area contributed by atoms with Gasteiger partial charge in [-0.15, -0.1) is 0 Å². The quantitative estimate of drug-likeness (QED) is 0.826. The molecule has 1 amide bonds. The highest BCUT2D eigenvalue weighted by atomic mass is 79.9. The average Bonchev–Trinajstić information content (AvgIpc) is 2.43. The number of carbonyl (C=O) groups excluding carboxylic acids is 1. The lowest BCUT2D eigenvalue weighted by Gasteiger charge is -2.40. The molecule has 20 heavy (non-hydrogen) atoms. The minimum Gasteiger partial charge on any atom is -0.381 e. The molecule has 0 N–H and O–H groups in total. The fourth-order valence-corrected chi connectivity index (χ4v) is 3.27. The Morgan fingerprint density at radius 2 is 2.30 bits per heavy atom. The zero-order chi connectivity index (χ0) is 14.3. The van der Waals surface area contributed by atoms with Crippen LogP contribution in [-0.4, -0.2) is 37.1 Å². The number of hydrogen-bond acceptors (Lipinski definition) is 3. The summed E-state index contributed by atoms with van der Waals surface area (Å²) in [4.78, 5) is 17.7. The van der Waals surface area contributed by atoms with Crippen LogP contribution in [0.3, 0.4) is 0 Å². The Bertz CT molecular complexity index is 541. The molecule has 0 radical (unpaired) electrons. The third kappa shape index (κ3) is 2.33. The van der Waals surface area contributed by atoms with Crippen molar-refractivity contribution in [3.05, 3.63) is 22.3 Å². The maximum absolute atomic E-state index is 12.7. The van der Waals surface area contributed by atoms with E-state index in [2.05, 4.69) is 20.9 Å². The fraction of sp³-hybridized carbons (Fsp3) is 0.538. The largest absolute Gasteiger partial charge is 0.381 e. The maximum atomic E-state index is 12.7. The number of fused-ring (bicyclic) bond motifs is 3. The number of alkyl halides is 2. The van der Waals surface area contributed by atoms with Gasteiger partial charge >= 0.3 is 0 Å². The van der Waals surface area contributed by atoms with E-state index >= 15 is 0 Å². The number of pyridine rings is 1. The molecule has 1 aromatic heterocycles. The van der Waals surface area contributed by atoms with Crippen LogP contribution >= 0.6 is 15.9 Å². The molecule has 4 nitrogen and oxygen atoms in total. The number of rotatable bonds is 2. The Hall–Kier alpha value is -1.08. The molecule has 2 atom stereocenters. The lowest BCUT2D eigenvalue weighted by atomic mass is 9.79. The molecular weight excluding hydrogens is 334 g/mol. The number of ether oxygens (including phenoxy) is 1. The number of carbonyl (C=O) groups is 1. The van der Waals surface area contributed by atoms with Gasteiger partial charge in [0.1, 0.15) is 5.82 Å². The normalized spacial score (nSPS) is 25.6. The number of anilines is 1. The van der Waals surface area contributed by atoms with Gasteiger partial charge in [0.25, 0.3) is 6.43 Å². The summed E-state index contributed by atoms with van der Waals surface area (Å²) in [7, 11) is 0. The Balaban J connectivity index is 2.07. The van der Waals surface area contributed by atoms with Gasteiger partial charge in [-0.3, -0.25) is 9.69 Å². The summed E-state index contributed by atoms with van der Waals surface area (Å²) in [6.07, 6.45) is -0.341. The van der Waals surface area contributed by atoms with Crippen LogP contribution < -0.4 is 4.90 Å². The van der Waals surface area contributed by atoms with Gasteiger partial charge in [-0.25, -0.2) is 13.8 Å².